The molecule has 3 atom stereocenters. The first-order valence-electron chi connectivity index (χ1n) is 8.36. The smallest absolute Gasteiger partial charge is 0.129 e. The zero-order valence-corrected chi connectivity index (χ0v) is 14.8. The topological polar surface area (TPSA) is 12.0 Å². The fourth-order valence-electron chi connectivity index (χ4n) is 3.76. The largest absolute Gasteiger partial charge is 0.310 e. The maximum Gasteiger partial charge on any atom is 0.129 e. The molecule has 0 amide bonds. The molecule has 0 aromatic heterocycles. The van der Waals surface area contributed by atoms with Crippen LogP contribution in [-0.4, -0.2) is 6.54 Å². The summed E-state index contributed by atoms with van der Waals surface area (Å²) in [4.78, 5) is 0. The molecule has 1 saturated carbocycles. The van der Waals surface area contributed by atoms with Gasteiger partial charge in [0, 0.05) is 16.1 Å². The summed E-state index contributed by atoms with van der Waals surface area (Å²) < 4.78 is 15.3. The van der Waals surface area contributed by atoms with Crippen LogP contribution in [0.4, 0.5) is 4.39 Å². The summed E-state index contributed by atoms with van der Waals surface area (Å²) >= 11 is 3.57. The molecule has 1 nitrogen and oxygen atoms in total. The average Bonchev–Trinajstić information content (AvgIpc) is 2.50. The van der Waals surface area contributed by atoms with E-state index in [9.17, 15) is 4.39 Å². The fourth-order valence-corrected chi connectivity index (χ4v) is 4.35. The van der Waals surface area contributed by atoms with E-state index in [4.69, 9.17) is 0 Å². The van der Waals surface area contributed by atoms with Crippen LogP contribution in [0, 0.1) is 17.7 Å². The molecule has 0 spiro atoms. The second-order valence-corrected chi connectivity index (χ2v) is 7.04. The first-order chi connectivity index (χ1) is 10.2. The molecule has 0 aliphatic heterocycles. The van der Waals surface area contributed by atoms with Gasteiger partial charge in [0.2, 0.25) is 0 Å². The van der Waals surface area contributed by atoms with Gasteiger partial charge in [0.05, 0.1) is 0 Å². The number of halogens is 2. The van der Waals surface area contributed by atoms with Gasteiger partial charge in [-0.1, -0.05) is 61.5 Å². The molecule has 1 N–H and O–H groups in total. The summed E-state index contributed by atoms with van der Waals surface area (Å²) in [5.41, 5.74) is 0.830. The van der Waals surface area contributed by atoms with E-state index in [2.05, 4.69) is 35.1 Å². The molecule has 21 heavy (non-hydrogen) atoms. The Morgan fingerprint density at radius 3 is 2.71 bits per heavy atom. The van der Waals surface area contributed by atoms with Crippen LogP contribution in [0.1, 0.15) is 64.0 Å². The van der Waals surface area contributed by atoms with Crippen molar-refractivity contribution >= 4 is 15.9 Å². The van der Waals surface area contributed by atoms with Crippen LogP contribution in [0.5, 0.6) is 0 Å². The summed E-state index contributed by atoms with van der Waals surface area (Å²) in [6.07, 6.45) is 7.37. The molecule has 0 bridgehead atoms. The van der Waals surface area contributed by atoms with Crippen LogP contribution in [-0.2, 0) is 0 Å². The van der Waals surface area contributed by atoms with Gasteiger partial charge in [-0.25, -0.2) is 4.39 Å². The molecule has 1 fully saturated rings. The lowest BCUT2D eigenvalue weighted by molar-refractivity contribution is 0.173. The molecule has 1 aliphatic carbocycles. The van der Waals surface area contributed by atoms with E-state index in [0.717, 1.165) is 23.0 Å². The Balaban J connectivity index is 2.32. The minimum Gasteiger partial charge on any atom is -0.310 e. The minimum atomic E-state index is -0.0848. The molecular formula is C18H27BrFN. The SMILES string of the molecule is CCCNC(c1c(F)cccc1Br)C1CCCCC1CC. The summed E-state index contributed by atoms with van der Waals surface area (Å²) in [7, 11) is 0. The van der Waals surface area contributed by atoms with Crippen molar-refractivity contribution in [2.45, 2.75) is 58.4 Å². The quantitative estimate of drug-likeness (QED) is 0.675. The Labute approximate surface area is 136 Å². The minimum absolute atomic E-state index is 0.0848. The van der Waals surface area contributed by atoms with E-state index in [1.54, 1.807) is 12.1 Å². The number of benzene rings is 1. The molecule has 3 heteroatoms. The third-order valence-electron chi connectivity index (χ3n) is 4.85. The maximum absolute atomic E-state index is 14.4. The molecule has 2 rings (SSSR count). The van der Waals surface area contributed by atoms with Gasteiger partial charge in [-0.15, -0.1) is 0 Å². The average molecular weight is 356 g/mol. The second kappa shape index (κ2) is 8.28. The van der Waals surface area contributed by atoms with Crippen molar-refractivity contribution in [3.8, 4) is 0 Å². The van der Waals surface area contributed by atoms with Gasteiger partial charge < -0.3 is 5.32 Å². The third kappa shape index (κ3) is 4.07. The van der Waals surface area contributed by atoms with Gasteiger partial charge in [-0.3, -0.25) is 0 Å². The van der Waals surface area contributed by atoms with Crippen LogP contribution >= 0.6 is 15.9 Å². The first-order valence-corrected chi connectivity index (χ1v) is 9.15. The predicted molar refractivity (Wildman–Crippen MR) is 90.9 cm³/mol. The Bertz CT molecular complexity index is 429. The summed E-state index contributed by atoms with van der Waals surface area (Å²) in [6, 6.07) is 5.46. The van der Waals surface area contributed by atoms with Crippen molar-refractivity contribution in [2.24, 2.45) is 11.8 Å². The van der Waals surface area contributed by atoms with E-state index >= 15 is 0 Å². The van der Waals surface area contributed by atoms with Gasteiger partial charge in [-0.2, -0.15) is 0 Å². The van der Waals surface area contributed by atoms with Crippen molar-refractivity contribution in [3.63, 3.8) is 0 Å². The van der Waals surface area contributed by atoms with Crippen LogP contribution < -0.4 is 5.32 Å². The Morgan fingerprint density at radius 1 is 1.29 bits per heavy atom. The summed E-state index contributed by atoms with van der Waals surface area (Å²) in [5.74, 6) is 1.17. The second-order valence-electron chi connectivity index (χ2n) is 6.18. The number of nitrogens with one attached hydrogen (secondary N) is 1. The Morgan fingerprint density at radius 2 is 2.05 bits per heavy atom. The van der Waals surface area contributed by atoms with Crippen molar-refractivity contribution < 1.29 is 4.39 Å². The lowest BCUT2D eigenvalue weighted by Gasteiger charge is -2.38. The van der Waals surface area contributed by atoms with Crippen molar-refractivity contribution in [2.75, 3.05) is 6.54 Å². The van der Waals surface area contributed by atoms with Gasteiger partial charge in [0.25, 0.3) is 0 Å². The van der Waals surface area contributed by atoms with E-state index in [1.165, 1.54) is 32.1 Å². The molecule has 118 valence electrons. The standard InChI is InChI=1S/C18H27BrFN/c1-3-12-21-18(14-9-6-5-8-13(14)4-2)17-15(19)10-7-11-16(17)20/h7,10-11,13-14,18,21H,3-6,8-9,12H2,1-2H3. The van der Waals surface area contributed by atoms with Crippen molar-refractivity contribution in [3.05, 3.63) is 34.1 Å². The highest BCUT2D eigenvalue weighted by molar-refractivity contribution is 9.10. The molecule has 0 heterocycles. The van der Waals surface area contributed by atoms with Crippen LogP contribution in [0.3, 0.4) is 0 Å². The predicted octanol–water partition coefficient (Wildman–Crippen LogP) is 5.85. The van der Waals surface area contributed by atoms with Gasteiger partial charge in [-0.05, 0) is 43.4 Å². The Kier molecular flexibility index (Phi) is 6.69. The van der Waals surface area contributed by atoms with Crippen molar-refractivity contribution in [1.29, 1.82) is 0 Å². The Hall–Kier alpha value is -0.410. The van der Waals surface area contributed by atoms with Gasteiger partial charge in [0.15, 0.2) is 0 Å². The van der Waals surface area contributed by atoms with Gasteiger partial charge >= 0.3 is 0 Å². The normalized spacial score (nSPS) is 24.0. The summed E-state index contributed by atoms with van der Waals surface area (Å²) in [6.45, 7) is 5.38. The highest BCUT2D eigenvalue weighted by atomic mass is 79.9. The van der Waals surface area contributed by atoms with Crippen LogP contribution in [0.15, 0.2) is 22.7 Å². The molecular weight excluding hydrogens is 329 g/mol. The van der Waals surface area contributed by atoms with Crippen molar-refractivity contribution in [1.82, 2.24) is 5.32 Å². The van der Waals surface area contributed by atoms with Crippen LogP contribution in [0.2, 0.25) is 0 Å². The van der Waals surface area contributed by atoms with E-state index in [1.807, 2.05) is 6.07 Å². The molecule has 1 aromatic rings. The maximum atomic E-state index is 14.4. The number of hydrogen-bond donors (Lipinski definition) is 1. The molecule has 0 radical (unpaired) electrons. The number of hydrogen-bond acceptors (Lipinski definition) is 1. The fraction of sp³-hybridized carbons (Fsp3) is 0.667. The van der Waals surface area contributed by atoms with Crippen LogP contribution in [0.25, 0.3) is 0 Å². The van der Waals surface area contributed by atoms with E-state index in [0.29, 0.717) is 11.8 Å². The third-order valence-corrected chi connectivity index (χ3v) is 5.54. The first kappa shape index (κ1) is 17.0. The zero-order valence-electron chi connectivity index (χ0n) is 13.2. The highest BCUT2D eigenvalue weighted by Crippen LogP contribution is 2.42. The zero-order chi connectivity index (χ0) is 15.2. The lowest BCUT2D eigenvalue weighted by atomic mass is 9.72. The monoisotopic (exact) mass is 355 g/mol. The number of rotatable bonds is 6. The molecule has 1 aliphatic rings. The molecule has 0 saturated heterocycles. The molecule has 3 unspecified atom stereocenters. The lowest BCUT2D eigenvalue weighted by Crippen LogP contribution is -2.35. The summed E-state index contributed by atoms with van der Waals surface area (Å²) in [5, 5.41) is 3.63. The highest BCUT2D eigenvalue weighted by Gasteiger charge is 2.33. The van der Waals surface area contributed by atoms with E-state index < -0.39 is 0 Å². The van der Waals surface area contributed by atoms with Gasteiger partial charge in [0.1, 0.15) is 5.82 Å². The molecule has 1 aromatic carbocycles. The van der Waals surface area contributed by atoms with E-state index in [-0.39, 0.29) is 11.9 Å².